The molecule has 0 aliphatic heterocycles. The van der Waals surface area contributed by atoms with Gasteiger partial charge in [-0.1, -0.05) is 23.2 Å². The van der Waals surface area contributed by atoms with Crippen LogP contribution in [0.2, 0.25) is 10.0 Å². The van der Waals surface area contributed by atoms with Gasteiger partial charge in [0.05, 0.1) is 12.5 Å². The van der Waals surface area contributed by atoms with Gasteiger partial charge < -0.3 is 4.74 Å². The van der Waals surface area contributed by atoms with Gasteiger partial charge >= 0.3 is 5.97 Å². The number of hydrogen-bond acceptors (Lipinski definition) is 4. The Morgan fingerprint density at radius 2 is 1.70 bits per heavy atom. The summed E-state index contributed by atoms with van der Waals surface area (Å²) in [5.41, 5.74) is 0.611. The van der Waals surface area contributed by atoms with E-state index in [1.165, 1.54) is 6.92 Å². The van der Waals surface area contributed by atoms with Gasteiger partial charge in [-0.3, -0.25) is 9.59 Å². The van der Waals surface area contributed by atoms with Gasteiger partial charge in [0.2, 0.25) is 0 Å². The smallest absolute Gasteiger partial charge is 0.375 e. The molecule has 0 aliphatic carbocycles. The predicted octanol–water partition coefficient (Wildman–Crippen LogP) is 2.87. The van der Waals surface area contributed by atoms with Gasteiger partial charge in [-0.15, -0.1) is 0 Å². The number of halogens is 2. The van der Waals surface area contributed by atoms with E-state index in [-0.39, 0.29) is 13.0 Å². The van der Waals surface area contributed by atoms with Gasteiger partial charge in [-0.05, 0) is 44.0 Å². The Balaban J connectivity index is 2.95. The summed E-state index contributed by atoms with van der Waals surface area (Å²) in [6, 6.07) is 4.74. The maximum absolute atomic E-state index is 11.9. The summed E-state index contributed by atoms with van der Waals surface area (Å²) in [6.45, 7) is 2.93. The molecule has 1 unspecified atom stereocenters. The van der Waals surface area contributed by atoms with Crippen LogP contribution >= 0.6 is 23.2 Å². The van der Waals surface area contributed by atoms with Crippen molar-refractivity contribution in [1.29, 1.82) is 0 Å². The third-order valence-corrected chi connectivity index (χ3v) is 3.08. The van der Waals surface area contributed by atoms with Crippen LogP contribution in [0.5, 0.6) is 0 Å². The van der Waals surface area contributed by atoms with E-state index in [9.17, 15) is 14.4 Å². The highest BCUT2D eigenvalue weighted by Gasteiger charge is 2.30. The molecule has 20 heavy (non-hydrogen) atoms. The fourth-order valence-electron chi connectivity index (χ4n) is 1.73. The summed E-state index contributed by atoms with van der Waals surface area (Å²) in [6.07, 6.45) is 0.0628. The van der Waals surface area contributed by atoms with E-state index < -0.39 is 23.5 Å². The zero-order valence-electron chi connectivity index (χ0n) is 11.1. The number of carbonyl (C=O) groups excluding carboxylic acids is 3. The Morgan fingerprint density at radius 1 is 1.15 bits per heavy atom. The second kappa shape index (κ2) is 7.41. The van der Waals surface area contributed by atoms with Crippen LogP contribution in [0.4, 0.5) is 0 Å². The third kappa shape index (κ3) is 4.62. The van der Waals surface area contributed by atoms with E-state index in [1.54, 1.807) is 25.1 Å². The number of esters is 1. The van der Waals surface area contributed by atoms with Gasteiger partial charge in [-0.25, -0.2) is 4.79 Å². The van der Waals surface area contributed by atoms with Crippen molar-refractivity contribution in [2.45, 2.75) is 20.3 Å². The molecule has 1 rings (SSSR count). The maximum Gasteiger partial charge on any atom is 0.375 e. The van der Waals surface area contributed by atoms with Crippen molar-refractivity contribution in [3.63, 3.8) is 0 Å². The number of ketones is 2. The molecule has 0 aromatic heterocycles. The van der Waals surface area contributed by atoms with Crippen LogP contribution in [-0.4, -0.2) is 24.1 Å². The lowest BCUT2D eigenvalue weighted by Crippen LogP contribution is -2.32. The molecule has 108 valence electrons. The molecule has 1 aromatic rings. The molecule has 0 N–H and O–H groups in total. The summed E-state index contributed by atoms with van der Waals surface area (Å²) in [4.78, 5) is 34.9. The third-order valence-electron chi connectivity index (χ3n) is 2.65. The minimum absolute atomic E-state index is 0.0628. The van der Waals surface area contributed by atoms with Gasteiger partial charge in [0.15, 0.2) is 0 Å². The topological polar surface area (TPSA) is 60.4 Å². The normalized spacial score (nSPS) is 11.8. The van der Waals surface area contributed by atoms with Crippen LogP contribution in [0.1, 0.15) is 19.4 Å². The lowest BCUT2D eigenvalue weighted by atomic mass is 9.92. The fraction of sp³-hybridized carbons (Fsp3) is 0.357. The monoisotopic (exact) mass is 316 g/mol. The molecule has 0 spiro atoms. The number of benzene rings is 1. The predicted molar refractivity (Wildman–Crippen MR) is 76.0 cm³/mol. The zero-order chi connectivity index (χ0) is 15.3. The first-order valence-electron chi connectivity index (χ1n) is 6.01. The number of Topliss-reactive ketones (excluding diaryl/α,β-unsaturated/α-hetero) is 2. The zero-order valence-corrected chi connectivity index (χ0v) is 12.6. The van der Waals surface area contributed by atoms with Crippen LogP contribution < -0.4 is 0 Å². The number of hydrogen-bond donors (Lipinski definition) is 0. The highest BCUT2D eigenvalue weighted by Crippen LogP contribution is 2.22. The number of rotatable bonds is 6. The highest BCUT2D eigenvalue weighted by atomic mass is 35.5. The molecule has 0 amide bonds. The Labute approximate surface area is 127 Å². The maximum atomic E-state index is 11.9. The summed E-state index contributed by atoms with van der Waals surface area (Å²) in [7, 11) is 0. The quantitative estimate of drug-likeness (QED) is 0.460. The summed E-state index contributed by atoms with van der Waals surface area (Å²) < 4.78 is 4.63. The minimum atomic E-state index is -1.08. The summed E-state index contributed by atoms with van der Waals surface area (Å²) >= 11 is 11.7. The molecule has 0 aliphatic rings. The van der Waals surface area contributed by atoms with E-state index in [2.05, 4.69) is 4.74 Å². The number of ether oxygens (including phenoxy) is 1. The lowest BCUT2D eigenvalue weighted by Gasteiger charge is -2.12. The molecule has 0 radical (unpaired) electrons. The van der Waals surface area contributed by atoms with Gasteiger partial charge in [0.1, 0.15) is 5.78 Å². The van der Waals surface area contributed by atoms with Crippen LogP contribution in [0.15, 0.2) is 18.2 Å². The van der Waals surface area contributed by atoms with Gasteiger partial charge in [0.25, 0.3) is 5.78 Å². The number of carbonyl (C=O) groups is 3. The van der Waals surface area contributed by atoms with E-state index >= 15 is 0 Å². The van der Waals surface area contributed by atoms with Crippen molar-refractivity contribution in [3.05, 3.63) is 33.8 Å². The van der Waals surface area contributed by atoms with Crippen molar-refractivity contribution < 1.29 is 19.1 Å². The van der Waals surface area contributed by atoms with Crippen LogP contribution in [0.25, 0.3) is 0 Å². The second-order valence-electron chi connectivity index (χ2n) is 4.23. The van der Waals surface area contributed by atoms with Crippen molar-refractivity contribution in [3.8, 4) is 0 Å². The highest BCUT2D eigenvalue weighted by molar-refractivity contribution is 6.38. The van der Waals surface area contributed by atoms with Crippen LogP contribution in [0.3, 0.4) is 0 Å². The summed E-state index contributed by atoms with van der Waals surface area (Å²) in [5.74, 6) is -3.33. The Bertz CT molecular complexity index is 520. The molecular formula is C14H14Cl2O4. The largest absolute Gasteiger partial charge is 0.460 e. The molecular weight excluding hydrogens is 303 g/mol. The van der Waals surface area contributed by atoms with E-state index in [0.29, 0.717) is 15.6 Å². The van der Waals surface area contributed by atoms with Crippen molar-refractivity contribution >= 4 is 40.7 Å². The first-order valence-corrected chi connectivity index (χ1v) is 6.77. The molecule has 1 aromatic carbocycles. The Hall–Kier alpha value is -1.39. The average molecular weight is 317 g/mol. The molecule has 0 saturated heterocycles. The molecule has 0 fully saturated rings. The minimum Gasteiger partial charge on any atom is -0.460 e. The Kier molecular flexibility index (Phi) is 6.17. The lowest BCUT2D eigenvalue weighted by molar-refractivity contribution is -0.156. The Morgan fingerprint density at radius 3 is 2.15 bits per heavy atom. The van der Waals surface area contributed by atoms with Gasteiger partial charge in [-0.2, -0.15) is 0 Å². The van der Waals surface area contributed by atoms with E-state index in [4.69, 9.17) is 23.2 Å². The first kappa shape index (κ1) is 16.7. The molecule has 0 saturated carbocycles. The molecule has 6 heteroatoms. The second-order valence-corrected chi connectivity index (χ2v) is 5.10. The van der Waals surface area contributed by atoms with E-state index in [0.717, 1.165) is 0 Å². The van der Waals surface area contributed by atoms with E-state index in [1.807, 2.05) is 0 Å². The van der Waals surface area contributed by atoms with Crippen LogP contribution in [-0.2, 0) is 25.5 Å². The molecule has 0 bridgehead atoms. The average Bonchev–Trinajstić information content (AvgIpc) is 2.34. The molecule has 4 nitrogen and oxygen atoms in total. The SMILES string of the molecule is CCOC(=O)C(=O)C(Cc1cc(Cl)cc(Cl)c1)C(C)=O. The van der Waals surface area contributed by atoms with Crippen molar-refractivity contribution in [2.24, 2.45) is 5.92 Å². The summed E-state index contributed by atoms with van der Waals surface area (Å²) in [5, 5.41) is 0.803. The van der Waals surface area contributed by atoms with Crippen molar-refractivity contribution in [1.82, 2.24) is 0 Å². The molecule has 0 heterocycles. The molecule has 1 atom stereocenters. The van der Waals surface area contributed by atoms with Crippen LogP contribution in [0, 0.1) is 5.92 Å². The first-order chi connectivity index (χ1) is 9.35. The van der Waals surface area contributed by atoms with Crippen molar-refractivity contribution in [2.75, 3.05) is 6.61 Å². The fourth-order valence-corrected chi connectivity index (χ4v) is 2.30. The van der Waals surface area contributed by atoms with Gasteiger partial charge in [0, 0.05) is 10.0 Å². The standard InChI is InChI=1S/C14H14Cl2O4/c1-3-20-14(19)13(18)12(8(2)17)6-9-4-10(15)7-11(16)5-9/h4-5,7,12H,3,6H2,1-2H3.